The first kappa shape index (κ1) is 22.1. The van der Waals surface area contributed by atoms with E-state index in [2.05, 4.69) is 25.8 Å². The van der Waals surface area contributed by atoms with Crippen molar-refractivity contribution in [2.45, 2.75) is 60.8 Å². The second kappa shape index (κ2) is 11.0. The highest BCUT2D eigenvalue weighted by Gasteiger charge is 2.20. The molecule has 5 heteroatoms. The lowest BCUT2D eigenvalue weighted by Gasteiger charge is -2.13. The number of aromatic amines is 1. The van der Waals surface area contributed by atoms with E-state index in [9.17, 15) is 0 Å². The van der Waals surface area contributed by atoms with Crippen molar-refractivity contribution in [1.82, 2.24) is 4.98 Å². The summed E-state index contributed by atoms with van der Waals surface area (Å²) >= 11 is 0. The number of hydrogen-bond donors (Lipinski definition) is 1. The molecule has 0 unspecified atom stereocenters. The molecule has 2 rings (SSSR count). The van der Waals surface area contributed by atoms with Gasteiger partial charge in [-0.2, -0.15) is 0 Å². The molecule has 0 fully saturated rings. The number of nitrogens with one attached hydrogen (secondary N) is 1. The average Bonchev–Trinajstić information content (AvgIpc) is 2.99. The maximum atomic E-state index is 6.04. The number of benzene rings is 1. The number of ether oxygens (including phenoxy) is 3. The number of aryl methyl sites for hydroxylation is 1. The third-order valence-corrected chi connectivity index (χ3v) is 4.46. The molecule has 2 aromatic rings. The first-order valence-electron chi connectivity index (χ1n) is 10.6. The van der Waals surface area contributed by atoms with Gasteiger partial charge in [-0.1, -0.05) is 13.8 Å². The number of hydrogen-bond acceptors (Lipinski definition) is 4. The van der Waals surface area contributed by atoms with Crippen LogP contribution in [-0.4, -0.2) is 37.1 Å². The Hall–Kier alpha value is -2.17. The monoisotopic (exact) mass is 388 g/mol. The highest BCUT2D eigenvalue weighted by molar-refractivity contribution is 5.95. The molecule has 1 aromatic heterocycles. The van der Waals surface area contributed by atoms with Gasteiger partial charge >= 0.3 is 0 Å². The van der Waals surface area contributed by atoms with Crippen molar-refractivity contribution >= 4 is 16.6 Å². The Morgan fingerprint density at radius 3 is 2.32 bits per heavy atom. The predicted molar refractivity (Wildman–Crippen MR) is 118 cm³/mol. The normalized spacial score (nSPS) is 12.0. The number of H-pyrrole nitrogens is 1. The molecule has 0 bridgehead atoms. The van der Waals surface area contributed by atoms with Crippen LogP contribution in [-0.2, 0) is 6.42 Å². The molecule has 5 nitrogen and oxygen atoms in total. The van der Waals surface area contributed by atoms with Crippen molar-refractivity contribution in [1.29, 1.82) is 0 Å². The summed E-state index contributed by atoms with van der Waals surface area (Å²) in [5.74, 6) is 3.06. The van der Waals surface area contributed by atoms with Crippen LogP contribution in [0.5, 0.6) is 17.2 Å². The van der Waals surface area contributed by atoms with Gasteiger partial charge in [0.25, 0.3) is 0 Å². The van der Waals surface area contributed by atoms with E-state index in [0.29, 0.717) is 25.7 Å². The van der Waals surface area contributed by atoms with Crippen molar-refractivity contribution in [3.8, 4) is 17.2 Å². The summed E-state index contributed by atoms with van der Waals surface area (Å²) in [6.45, 7) is 15.2. The highest BCUT2D eigenvalue weighted by atomic mass is 16.5. The first-order chi connectivity index (χ1) is 13.5. The zero-order valence-corrected chi connectivity index (χ0v) is 18.4. The Bertz CT molecular complexity index is 778. The van der Waals surface area contributed by atoms with Gasteiger partial charge in [-0.3, -0.25) is 4.99 Å². The molecule has 1 aromatic carbocycles. The van der Waals surface area contributed by atoms with Crippen LogP contribution in [0.25, 0.3) is 10.9 Å². The quantitative estimate of drug-likeness (QED) is 0.369. The van der Waals surface area contributed by atoms with Gasteiger partial charge in [0, 0.05) is 12.3 Å². The number of rotatable bonds is 12. The van der Waals surface area contributed by atoms with Gasteiger partial charge in [-0.15, -0.1) is 0 Å². The van der Waals surface area contributed by atoms with E-state index < -0.39 is 0 Å². The maximum absolute atomic E-state index is 6.04. The van der Waals surface area contributed by atoms with Crippen LogP contribution >= 0.6 is 0 Å². The standard InChI is InChI=1S/C23H36N2O3/c1-7-26-20-13-12-18-21(23(20)28-9-3)22(27-8-2)19(25-18)11-10-14-24-17(6)15-16(4)5/h12-13,16,25H,7-11,14-15H2,1-6H3. The van der Waals surface area contributed by atoms with Crippen molar-refractivity contribution < 1.29 is 14.2 Å². The molecule has 156 valence electrons. The first-order valence-corrected chi connectivity index (χ1v) is 10.6. The van der Waals surface area contributed by atoms with E-state index in [0.717, 1.165) is 59.7 Å². The van der Waals surface area contributed by atoms with E-state index in [-0.39, 0.29) is 0 Å². The summed E-state index contributed by atoms with van der Waals surface area (Å²) in [6, 6.07) is 4.01. The van der Waals surface area contributed by atoms with E-state index in [1.165, 1.54) is 5.71 Å². The molecular weight excluding hydrogens is 352 g/mol. The lowest BCUT2D eigenvalue weighted by Crippen LogP contribution is -2.01. The van der Waals surface area contributed by atoms with Crippen molar-refractivity contribution in [2.24, 2.45) is 10.9 Å². The van der Waals surface area contributed by atoms with Gasteiger partial charge < -0.3 is 19.2 Å². The van der Waals surface area contributed by atoms with E-state index in [1.807, 2.05) is 32.9 Å². The zero-order chi connectivity index (χ0) is 20.5. The summed E-state index contributed by atoms with van der Waals surface area (Å²) in [5.41, 5.74) is 3.35. The Morgan fingerprint density at radius 2 is 1.68 bits per heavy atom. The molecule has 0 saturated heterocycles. The third kappa shape index (κ3) is 5.66. The van der Waals surface area contributed by atoms with Crippen LogP contribution in [0.2, 0.25) is 0 Å². The van der Waals surface area contributed by atoms with Crippen molar-refractivity contribution in [3.05, 3.63) is 17.8 Å². The Kier molecular flexibility index (Phi) is 8.68. The van der Waals surface area contributed by atoms with Gasteiger partial charge in [0.05, 0.1) is 36.4 Å². The van der Waals surface area contributed by atoms with Crippen molar-refractivity contribution in [2.75, 3.05) is 26.4 Å². The van der Waals surface area contributed by atoms with Crippen LogP contribution < -0.4 is 14.2 Å². The van der Waals surface area contributed by atoms with Crippen LogP contribution in [0.4, 0.5) is 0 Å². The Labute approximate surface area is 169 Å². The van der Waals surface area contributed by atoms with Gasteiger partial charge in [0.2, 0.25) is 0 Å². The highest BCUT2D eigenvalue weighted by Crippen LogP contribution is 2.43. The molecule has 1 N–H and O–H groups in total. The summed E-state index contributed by atoms with van der Waals surface area (Å²) in [5, 5.41) is 0.976. The SMILES string of the molecule is CCOc1ccc2[nH]c(CCCN=C(C)CC(C)C)c(OCC)c2c1OCC. The fraction of sp³-hybridized carbons (Fsp3) is 0.609. The number of nitrogens with zero attached hydrogens (tertiary/aromatic N) is 1. The second-order valence-corrected chi connectivity index (χ2v) is 7.37. The molecule has 0 aliphatic carbocycles. The average molecular weight is 389 g/mol. The van der Waals surface area contributed by atoms with Gasteiger partial charge in [-0.05, 0) is 65.0 Å². The molecule has 0 aliphatic heterocycles. The van der Waals surface area contributed by atoms with Crippen LogP contribution in [0.15, 0.2) is 17.1 Å². The van der Waals surface area contributed by atoms with Crippen molar-refractivity contribution in [3.63, 3.8) is 0 Å². The Balaban J connectivity index is 2.28. The topological polar surface area (TPSA) is 55.8 Å². The van der Waals surface area contributed by atoms with E-state index in [1.54, 1.807) is 0 Å². The molecule has 0 saturated carbocycles. The van der Waals surface area contributed by atoms with Gasteiger partial charge in [-0.25, -0.2) is 0 Å². The minimum Gasteiger partial charge on any atom is -0.491 e. The summed E-state index contributed by atoms with van der Waals surface area (Å²) in [6.07, 6.45) is 2.93. The van der Waals surface area contributed by atoms with Gasteiger partial charge in [0.1, 0.15) is 0 Å². The summed E-state index contributed by atoms with van der Waals surface area (Å²) in [4.78, 5) is 8.24. The fourth-order valence-corrected chi connectivity index (χ4v) is 3.48. The number of aromatic nitrogens is 1. The Morgan fingerprint density at radius 1 is 1.00 bits per heavy atom. The smallest absolute Gasteiger partial charge is 0.174 e. The predicted octanol–water partition coefficient (Wildman–Crippen LogP) is 5.80. The minimum atomic E-state index is 0.578. The lowest BCUT2D eigenvalue weighted by atomic mass is 10.1. The third-order valence-electron chi connectivity index (χ3n) is 4.46. The largest absolute Gasteiger partial charge is 0.491 e. The molecule has 1 heterocycles. The van der Waals surface area contributed by atoms with Gasteiger partial charge in [0.15, 0.2) is 17.2 Å². The molecule has 0 aliphatic rings. The van der Waals surface area contributed by atoms with Crippen LogP contribution in [0, 0.1) is 5.92 Å². The number of aliphatic imine (C=N–C) groups is 1. The zero-order valence-electron chi connectivity index (χ0n) is 18.4. The molecule has 0 spiro atoms. The molecule has 0 amide bonds. The van der Waals surface area contributed by atoms with E-state index >= 15 is 0 Å². The second-order valence-electron chi connectivity index (χ2n) is 7.37. The molecule has 0 radical (unpaired) electrons. The van der Waals surface area contributed by atoms with Crippen LogP contribution in [0.3, 0.4) is 0 Å². The summed E-state index contributed by atoms with van der Waals surface area (Å²) < 4.78 is 17.8. The van der Waals surface area contributed by atoms with Crippen LogP contribution in [0.1, 0.15) is 60.1 Å². The number of fused-ring (bicyclic) bond motifs is 1. The molecular formula is C23H36N2O3. The van der Waals surface area contributed by atoms with E-state index in [4.69, 9.17) is 19.2 Å². The fourth-order valence-electron chi connectivity index (χ4n) is 3.48. The minimum absolute atomic E-state index is 0.578. The lowest BCUT2D eigenvalue weighted by molar-refractivity contribution is 0.289. The molecule has 28 heavy (non-hydrogen) atoms. The summed E-state index contributed by atoms with van der Waals surface area (Å²) in [7, 11) is 0. The molecule has 0 atom stereocenters. The maximum Gasteiger partial charge on any atom is 0.174 e.